The number of ether oxygens (including phenoxy) is 1. The number of fused-ring (bicyclic) bond motifs is 4. The number of hydrogen-bond acceptors (Lipinski definition) is 1. The highest BCUT2D eigenvalue weighted by molar-refractivity contribution is 6.22. The first-order valence-electron chi connectivity index (χ1n) is 18.1. The molecule has 0 aromatic heterocycles. The molecule has 0 saturated heterocycles. The van der Waals surface area contributed by atoms with Gasteiger partial charge in [0.15, 0.2) is 0 Å². The molecule has 1 nitrogen and oxygen atoms in total. The number of hydrogen-bond donors (Lipinski definition) is 0. The van der Waals surface area contributed by atoms with E-state index in [1.807, 2.05) is 103 Å². The molecule has 0 radical (unpaired) electrons. The lowest BCUT2D eigenvalue weighted by Gasteiger charge is -2.23. The van der Waals surface area contributed by atoms with Gasteiger partial charge >= 0.3 is 0 Å². The van der Waals surface area contributed by atoms with E-state index in [1.165, 1.54) is 0 Å². The third-order valence-electron chi connectivity index (χ3n) is 8.30. The predicted octanol–water partition coefficient (Wildman–Crippen LogP) is 11.9. The van der Waals surface area contributed by atoms with Crippen LogP contribution in [0.4, 0.5) is 0 Å². The second-order valence-corrected chi connectivity index (χ2v) is 10.6. The van der Waals surface area contributed by atoms with E-state index in [-0.39, 0.29) is 45.7 Å². The minimum atomic E-state index is -0.434. The van der Waals surface area contributed by atoms with E-state index < -0.39 is 24.2 Å². The first kappa shape index (κ1) is 17.3. The van der Waals surface area contributed by atoms with Crippen molar-refractivity contribution < 1.29 is 15.7 Å². The van der Waals surface area contributed by atoms with Gasteiger partial charge in [-0.05, 0) is 84.1 Å². The maximum absolute atomic E-state index is 9.36. The fourth-order valence-electron chi connectivity index (χ4n) is 6.47. The van der Waals surface area contributed by atoms with Crippen LogP contribution in [0, 0.1) is 0 Å². The molecule has 1 aliphatic rings. The summed E-state index contributed by atoms with van der Waals surface area (Å²) < 4.78 is 79.0. The van der Waals surface area contributed by atoms with Gasteiger partial charge < -0.3 is 4.74 Å². The summed E-state index contributed by atoms with van der Waals surface area (Å²) in [6.45, 7) is 0. The van der Waals surface area contributed by atoms with Crippen molar-refractivity contribution in [3.63, 3.8) is 0 Å². The Morgan fingerprint density at radius 3 is 1.74 bits per heavy atom. The second kappa shape index (κ2) is 9.44. The highest BCUT2D eigenvalue weighted by Gasteiger charge is 2.23. The van der Waals surface area contributed by atoms with E-state index in [1.54, 1.807) is 6.07 Å². The summed E-state index contributed by atoms with van der Waals surface area (Å²) in [5.74, 6) is 1.33. The first-order chi connectivity index (χ1) is 24.7. The Bertz CT molecular complexity index is 2730. The van der Waals surface area contributed by atoms with Crippen LogP contribution in [0.3, 0.4) is 0 Å². The number of benzene rings is 8. The molecule has 8 aromatic rings. The van der Waals surface area contributed by atoms with Crippen LogP contribution in [0.1, 0.15) is 11.0 Å². The zero-order chi connectivity index (χ0) is 35.3. The van der Waals surface area contributed by atoms with Crippen LogP contribution in [-0.4, -0.2) is 0 Å². The Morgan fingerprint density at radius 2 is 1.02 bits per heavy atom. The zero-order valence-corrected chi connectivity index (χ0v) is 22.8. The van der Waals surface area contributed by atoms with Crippen LogP contribution in [0.15, 0.2) is 158 Å². The van der Waals surface area contributed by atoms with Gasteiger partial charge in [0, 0.05) is 10.9 Å². The third-order valence-corrected chi connectivity index (χ3v) is 8.30. The van der Waals surface area contributed by atoms with E-state index in [0.717, 1.165) is 38.8 Å². The van der Waals surface area contributed by atoms with Crippen LogP contribution in [0.2, 0.25) is 0 Å². The van der Waals surface area contributed by atoms with Gasteiger partial charge in [-0.1, -0.05) is 139 Å². The lowest BCUT2D eigenvalue weighted by atomic mass is 9.83. The van der Waals surface area contributed by atoms with E-state index in [0.29, 0.717) is 28.0 Å². The Hall–Kier alpha value is -5.66. The smallest absolute Gasteiger partial charge is 0.135 e. The molecular weight excluding hydrogens is 520 g/mol. The highest BCUT2D eigenvalue weighted by atomic mass is 16.5. The van der Waals surface area contributed by atoms with Crippen molar-refractivity contribution in [3.8, 4) is 56.0 Å². The van der Waals surface area contributed by atoms with Gasteiger partial charge in [0.25, 0.3) is 0 Å². The molecule has 0 saturated carbocycles. The summed E-state index contributed by atoms with van der Waals surface area (Å²) in [5, 5.41) is 2.65. The Balaban J connectivity index is 1.50. The Kier molecular flexibility index (Phi) is 3.80. The molecule has 0 aliphatic carbocycles. The summed E-state index contributed by atoms with van der Waals surface area (Å²) in [5.41, 5.74) is 5.03. The molecule has 8 aromatic carbocycles. The SMILES string of the molecule is [2H]c1c([2H])c([2H])c2c(-c3ccccc3-c3ccccc3)c3c([2H])c([2H])c([2H])c([2H])c3c(-c3ccc4c(c3)-c3cccc5cccc(c35)O4)c2c1[2H]. The van der Waals surface area contributed by atoms with Crippen LogP contribution in [-0.2, 0) is 0 Å². The van der Waals surface area contributed by atoms with E-state index in [9.17, 15) is 5.48 Å². The van der Waals surface area contributed by atoms with E-state index in [2.05, 4.69) is 0 Å². The Labute approximate surface area is 261 Å². The van der Waals surface area contributed by atoms with Gasteiger partial charge in [0.1, 0.15) is 11.5 Å². The molecule has 0 fully saturated rings. The average Bonchev–Trinajstić information content (AvgIpc) is 3.17. The summed E-state index contributed by atoms with van der Waals surface area (Å²) >= 11 is 0. The second-order valence-electron chi connectivity index (χ2n) is 10.6. The molecule has 0 bridgehead atoms. The molecule has 1 heteroatoms. The van der Waals surface area contributed by atoms with Crippen molar-refractivity contribution in [1.82, 2.24) is 0 Å². The van der Waals surface area contributed by atoms with Gasteiger partial charge in [0.05, 0.1) is 11.0 Å². The van der Waals surface area contributed by atoms with E-state index >= 15 is 0 Å². The minimum Gasteiger partial charge on any atom is -0.456 e. The van der Waals surface area contributed by atoms with Crippen LogP contribution < -0.4 is 4.74 Å². The fraction of sp³-hybridized carbons (Fsp3) is 0. The summed E-state index contributed by atoms with van der Waals surface area (Å²) in [6, 6.07) is 31.5. The van der Waals surface area contributed by atoms with Crippen LogP contribution in [0.25, 0.3) is 76.8 Å². The average molecular weight is 555 g/mol. The van der Waals surface area contributed by atoms with Crippen LogP contribution >= 0.6 is 0 Å². The van der Waals surface area contributed by atoms with Gasteiger partial charge in [-0.3, -0.25) is 0 Å². The molecule has 0 unspecified atom stereocenters. The van der Waals surface area contributed by atoms with Gasteiger partial charge in [0.2, 0.25) is 0 Å². The maximum atomic E-state index is 9.36. The molecule has 43 heavy (non-hydrogen) atoms. The molecule has 0 spiro atoms. The van der Waals surface area contributed by atoms with Crippen molar-refractivity contribution >= 4 is 32.3 Å². The van der Waals surface area contributed by atoms with Crippen molar-refractivity contribution in [2.24, 2.45) is 0 Å². The predicted molar refractivity (Wildman–Crippen MR) is 181 cm³/mol. The fourth-order valence-corrected chi connectivity index (χ4v) is 6.47. The highest BCUT2D eigenvalue weighted by Crippen LogP contribution is 2.50. The van der Waals surface area contributed by atoms with Crippen molar-refractivity contribution in [2.45, 2.75) is 0 Å². The maximum Gasteiger partial charge on any atom is 0.135 e. The quantitative estimate of drug-likeness (QED) is 0.197. The molecule has 9 rings (SSSR count). The molecule has 200 valence electrons. The molecule has 0 N–H and O–H groups in total. The summed E-state index contributed by atoms with van der Waals surface area (Å²) in [7, 11) is 0. The third kappa shape index (κ3) is 3.65. The van der Waals surface area contributed by atoms with Gasteiger partial charge in [-0.15, -0.1) is 0 Å². The minimum absolute atomic E-state index is 0.173. The van der Waals surface area contributed by atoms with Gasteiger partial charge in [-0.2, -0.15) is 0 Å². The van der Waals surface area contributed by atoms with Crippen molar-refractivity contribution in [2.75, 3.05) is 0 Å². The van der Waals surface area contributed by atoms with Crippen molar-refractivity contribution in [1.29, 1.82) is 0 Å². The largest absolute Gasteiger partial charge is 0.456 e. The number of rotatable bonds is 3. The molecule has 1 aliphatic heterocycles. The molecule has 1 heterocycles. The normalized spacial score (nSPS) is 14.5. The van der Waals surface area contributed by atoms with Gasteiger partial charge in [-0.25, -0.2) is 0 Å². The zero-order valence-electron chi connectivity index (χ0n) is 30.8. The lowest BCUT2D eigenvalue weighted by Crippen LogP contribution is -1.98. The Morgan fingerprint density at radius 1 is 0.419 bits per heavy atom. The first-order valence-corrected chi connectivity index (χ1v) is 14.1. The molecule has 0 amide bonds. The van der Waals surface area contributed by atoms with E-state index in [4.69, 9.17) is 10.2 Å². The molecule has 0 atom stereocenters. The summed E-state index contributed by atoms with van der Waals surface area (Å²) in [4.78, 5) is 0. The lowest BCUT2D eigenvalue weighted by molar-refractivity contribution is 0.487. The monoisotopic (exact) mass is 554 g/mol. The molecular formula is C42H26O. The summed E-state index contributed by atoms with van der Waals surface area (Å²) in [6.07, 6.45) is 0. The van der Waals surface area contributed by atoms with Crippen LogP contribution in [0.5, 0.6) is 11.5 Å². The topological polar surface area (TPSA) is 9.23 Å². The standard InChI is InChI=1S/C42H26O/c1-2-12-27(13-3-1)30-16-4-5-17-31(30)42-34-20-8-6-18-32(34)40(33-19-7-9-21-35(33)42)29-24-25-38-37(26-29)36-22-10-14-28-15-11-23-39(43-38)41(28)36/h1-26H/i6D,7D,8D,9D,18D,19D,20D,21D. The van der Waals surface area contributed by atoms with Crippen molar-refractivity contribution in [3.05, 3.63) is 158 Å².